The lowest BCUT2D eigenvalue weighted by Crippen LogP contribution is -2.44. The third kappa shape index (κ3) is 3.88. The van der Waals surface area contributed by atoms with E-state index in [9.17, 15) is 4.79 Å². The van der Waals surface area contributed by atoms with Crippen LogP contribution in [0.2, 0.25) is 5.02 Å². The van der Waals surface area contributed by atoms with Gasteiger partial charge in [-0.1, -0.05) is 29.8 Å². The molecule has 0 saturated carbocycles. The molecule has 0 spiro atoms. The van der Waals surface area contributed by atoms with E-state index in [2.05, 4.69) is 18.3 Å². The lowest BCUT2D eigenvalue weighted by atomic mass is 9.90. The van der Waals surface area contributed by atoms with Crippen molar-refractivity contribution < 1.29 is 9.53 Å². The Balaban J connectivity index is 1.66. The normalized spacial score (nSPS) is 17.9. The second-order valence-electron chi connectivity index (χ2n) is 7.70. The predicted molar refractivity (Wildman–Crippen MR) is 123 cm³/mol. The van der Waals surface area contributed by atoms with Gasteiger partial charge in [0.25, 0.3) is 5.91 Å². The van der Waals surface area contributed by atoms with Gasteiger partial charge in [0.1, 0.15) is 5.75 Å². The molecule has 0 aliphatic carbocycles. The highest BCUT2D eigenvalue weighted by molar-refractivity contribution is 6.30. The van der Waals surface area contributed by atoms with Crippen molar-refractivity contribution in [2.75, 3.05) is 17.3 Å². The smallest absolute Gasteiger partial charge is 0.258 e. The minimum Gasteiger partial charge on any atom is -0.497 e. The molecule has 2 unspecified atom stereocenters. The Bertz CT molecular complexity index is 1060. The number of hydrogen-bond donors (Lipinski definition) is 1. The van der Waals surface area contributed by atoms with Crippen LogP contribution in [0.1, 0.15) is 40.9 Å². The molecule has 0 saturated heterocycles. The molecule has 1 aliphatic heterocycles. The standard InChI is InChI=1S/C25H25ClN2O2/c1-16-14-19(26)10-13-22(16)27-23-15-17(2)28(24-7-5-4-6-21(23)24)25(29)18-8-11-20(30-3)12-9-18/h4-14,17,23,27H,15H2,1-3H3. The van der Waals surface area contributed by atoms with Crippen LogP contribution in [0, 0.1) is 6.92 Å². The molecule has 1 N–H and O–H groups in total. The van der Waals surface area contributed by atoms with E-state index in [1.807, 2.05) is 72.5 Å². The van der Waals surface area contributed by atoms with Crippen LogP contribution >= 0.6 is 11.6 Å². The minimum absolute atomic E-state index is 0.00118. The minimum atomic E-state index is -0.00118. The first-order chi connectivity index (χ1) is 14.5. The SMILES string of the molecule is COc1ccc(C(=O)N2c3ccccc3C(Nc3ccc(Cl)cc3C)CC2C)cc1. The van der Waals surface area contributed by atoms with Gasteiger partial charge in [-0.05, 0) is 79.9 Å². The molecule has 0 fully saturated rings. The molecule has 0 bridgehead atoms. The molecule has 154 valence electrons. The van der Waals surface area contributed by atoms with E-state index in [0.717, 1.165) is 39.7 Å². The summed E-state index contributed by atoms with van der Waals surface area (Å²) < 4.78 is 5.22. The molecule has 1 aliphatic rings. The van der Waals surface area contributed by atoms with Crippen LogP contribution in [0.4, 0.5) is 11.4 Å². The number of rotatable bonds is 4. The first-order valence-corrected chi connectivity index (χ1v) is 10.4. The molecule has 0 aromatic heterocycles. The summed E-state index contributed by atoms with van der Waals surface area (Å²) in [6, 6.07) is 21.4. The zero-order chi connectivity index (χ0) is 21.3. The number of para-hydroxylation sites is 1. The Morgan fingerprint density at radius 1 is 1.10 bits per heavy atom. The van der Waals surface area contributed by atoms with Crippen molar-refractivity contribution >= 4 is 28.9 Å². The third-order valence-corrected chi connectivity index (χ3v) is 5.90. The summed E-state index contributed by atoms with van der Waals surface area (Å²) >= 11 is 6.12. The Morgan fingerprint density at radius 2 is 1.83 bits per heavy atom. The molecular formula is C25H25ClN2O2. The second kappa shape index (κ2) is 8.41. The van der Waals surface area contributed by atoms with Gasteiger partial charge in [0.05, 0.1) is 13.2 Å². The molecule has 5 heteroatoms. The highest BCUT2D eigenvalue weighted by Crippen LogP contribution is 2.40. The maximum absolute atomic E-state index is 13.4. The number of carbonyl (C=O) groups is 1. The van der Waals surface area contributed by atoms with E-state index in [1.54, 1.807) is 7.11 Å². The fraction of sp³-hybridized carbons (Fsp3) is 0.240. The number of ether oxygens (including phenoxy) is 1. The van der Waals surface area contributed by atoms with Crippen LogP contribution in [-0.2, 0) is 0 Å². The molecule has 1 heterocycles. The van der Waals surface area contributed by atoms with Crippen LogP contribution in [0.3, 0.4) is 0 Å². The van der Waals surface area contributed by atoms with Crippen molar-refractivity contribution in [1.82, 2.24) is 0 Å². The summed E-state index contributed by atoms with van der Waals surface area (Å²) in [7, 11) is 1.62. The van der Waals surface area contributed by atoms with Gasteiger partial charge in [-0.25, -0.2) is 0 Å². The van der Waals surface area contributed by atoms with Crippen molar-refractivity contribution in [1.29, 1.82) is 0 Å². The topological polar surface area (TPSA) is 41.6 Å². The summed E-state index contributed by atoms with van der Waals surface area (Å²) in [5.74, 6) is 0.736. The average molecular weight is 421 g/mol. The molecule has 30 heavy (non-hydrogen) atoms. The molecule has 1 amide bonds. The monoisotopic (exact) mass is 420 g/mol. The quantitative estimate of drug-likeness (QED) is 0.542. The summed E-state index contributed by atoms with van der Waals surface area (Å²) in [4.78, 5) is 15.3. The van der Waals surface area contributed by atoms with Gasteiger partial charge in [-0.15, -0.1) is 0 Å². The number of anilines is 2. The molecule has 3 aromatic rings. The number of methoxy groups -OCH3 is 1. The van der Waals surface area contributed by atoms with Crippen molar-refractivity contribution in [2.24, 2.45) is 0 Å². The number of nitrogens with zero attached hydrogens (tertiary/aromatic N) is 1. The first kappa shape index (κ1) is 20.3. The van der Waals surface area contributed by atoms with E-state index in [0.29, 0.717) is 5.56 Å². The summed E-state index contributed by atoms with van der Waals surface area (Å²) in [5.41, 5.74) is 4.87. The van der Waals surface area contributed by atoms with E-state index in [1.165, 1.54) is 0 Å². The van der Waals surface area contributed by atoms with Gasteiger partial charge in [0, 0.05) is 28.0 Å². The Labute approximate surface area is 182 Å². The second-order valence-corrected chi connectivity index (χ2v) is 8.14. The summed E-state index contributed by atoms with van der Waals surface area (Å²) in [6.07, 6.45) is 0.807. The average Bonchev–Trinajstić information content (AvgIpc) is 2.75. The van der Waals surface area contributed by atoms with Gasteiger partial charge >= 0.3 is 0 Å². The van der Waals surface area contributed by atoms with Crippen LogP contribution in [-0.4, -0.2) is 19.1 Å². The lowest BCUT2D eigenvalue weighted by Gasteiger charge is -2.40. The number of hydrogen-bond acceptors (Lipinski definition) is 3. The van der Waals surface area contributed by atoms with Gasteiger partial charge in [0.15, 0.2) is 0 Å². The maximum atomic E-state index is 13.4. The van der Waals surface area contributed by atoms with E-state index in [-0.39, 0.29) is 18.0 Å². The first-order valence-electron chi connectivity index (χ1n) is 10.1. The largest absolute Gasteiger partial charge is 0.497 e. The maximum Gasteiger partial charge on any atom is 0.258 e. The Morgan fingerprint density at radius 3 is 2.53 bits per heavy atom. The molecule has 2 atom stereocenters. The van der Waals surface area contributed by atoms with Gasteiger partial charge in [-0.2, -0.15) is 0 Å². The molecule has 3 aromatic carbocycles. The number of halogens is 1. The highest BCUT2D eigenvalue weighted by atomic mass is 35.5. The van der Waals surface area contributed by atoms with Crippen molar-refractivity contribution in [3.05, 3.63) is 88.4 Å². The lowest BCUT2D eigenvalue weighted by molar-refractivity contribution is 0.0974. The number of carbonyl (C=O) groups excluding carboxylic acids is 1. The molecular weight excluding hydrogens is 396 g/mol. The van der Waals surface area contributed by atoms with Gasteiger partial charge < -0.3 is 15.0 Å². The van der Waals surface area contributed by atoms with Crippen LogP contribution in [0.5, 0.6) is 5.75 Å². The molecule has 4 nitrogen and oxygen atoms in total. The number of fused-ring (bicyclic) bond motifs is 1. The van der Waals surface area contributed by atoms with Crippen molar-refractivity contribution in [2.45, 2.75) is 32.4 Å². The summed E-state index contributed by atoms with van der Waals surface area (Å²) in [6.45, 7) is 4.15. The van der Waals surface area contributed by atoms with Crippen molar-refractivity contribution in [3.8, 4) is 5.75 Å². The molecule has 4 rings (SSSR count). The Hall–Kier alpha value is -2.98. The molecule has 0 radical (unpaired) electrons. The number of nitrogens with one attached hydrogen (secondary N) is 1. The Kier molecular flexibility index (Phi) is 5.69. The van der Waals surface area contributed by atoms with Gasteiger partial charge in [-0.3, -0.25) is 4.79 Å². The van der Waals surface area contributed by atoms with Crippen LogP contribution in [0.15, 0.2) is 66.7 Å². The number of benzene rings is 3. The highest BCUT2D eigenvalue weighted by Gasteiger charge is 2.34. The van der Waals surface area contributed by atoms with Gasteiger partial charge in [0.2, 0.25) is 0 Å². The third-order valence-electron chi connectivity index (χ3n) is 5.66. The van der Waals surface area contributed by atoms with Crippen molar-refractivity contribution in [3.63, 3.8) is 0 Å². The van der Waals surface area contributed by atoms with E-state index in [4.69, 9.17) is 16.3 Å². The fourth-order valence-corrected chi connectivity index (χ4v) is 4.33. The zero-order valence-corrected chi connectivity index (χ0v) is 18.1. The van der Waals surface area contributed by atoms with E-state index >= 15 is 0 Å². The fourth-order valence-electron chi connectivity index (χ4n) is 4.11. The van der Waals surface area contributed by atoms with E-state index < -0.39 is 0 Å². The summed E-state index contributed by atoms with van der Waals surface area (Å²) in [5, 5.41) is 4.39. The number of amides is 1. The van der Waals surface area contributed by atoms with Crippen LogP contribution in [0.25, 0.3) is 0 Å². The predicted octanol–water partition coefficient (Wildman–Crippen LogP) is 6.25. The zero-order valence-electron chi connectivity index (χ0n) is 17.4. The van der Waals surface area contributed by atoms with Crippen LogP contribution < -0.4 is 15.0 Å². The number of aryl methyl sites for hydroxylation is 1.